The molecule has 0 aliphatic rings. The van der Waals surface area contributed by atoms with Crippen LogP contribution < -0.4 is 5.73 Å². The van der Waals surface area contributed by atoms with Gasteiger partial charge in [0.2, 0.25) is 0 Å². The van der Waals surface area contributed by atoms with Crippen molar-refractivity contribution in [3.63, 3.8) is 0 Å². The molecule has 0 aliphatic heterocycles. The highest BCUT2D eigenvalue weighted by Crippen LogP contribution is 2.15. The van der Waals surface area contributed by atoms with Crippen LogP contribution in [-0.2, 0) is 9.47 Å². The van der Waals surface area contributed by atoms with E-state index in [4.69, 9.17) is 15.2 Å². The summed E-state index contributed by atoms with van der Waals surface area (Å²) >= 11 is 0. The molecule has 1 rings (SSSR count). The maximum atomic E-state index is 13.3. The quantitative estimate of drug-likeness (QED) is 0.754. The molecule has 0 aromatic heterocycles. The van der Waals surface area contributed by atoms with Crippen LogP contribution in [0.1, 0.15) is 17.2 Å². The van der Waals surface area contributed by atoms with Gasteiger partial charge in [-0.25, -0.2) is 4.39 Å². The molecule has 1 unspecified atom stereocenters. The zero-order chi connectivity index (χ0) is 12.0. The molecule has 90 valence electrons. The van der Waals surface area contributed by atoms with Crippen LogP contribution in [0.25, 0.3) is 0 Å². The molecule has 0 fully saturated rings. The summed E-state index contributed by atoms with van der Waals surface area (Å²) in [5.41, 5.74) is 7.24. The number of ether oxygens (including phenoxy) is 2. The van der Waals surface area contributed by atoms with E-state index in [-0.39, 0.29) is 11.9 Å². The van der Waals surface area contributed by atoms with Gasteiger partial charge in [-0.3, -0.25) is 0 Å². The van der Waals surface area contributed by atoms with Gasteiger partial charge in [0.25, 0.3) is 0 Å². The summed E-state index contributed by atoms with van der Waals surface area (Å²) in [5, 5.41) is 0. The third kappa shape index (κ3) is 3.89. The van der Waals surface area contributed by atoms with E-state index < -0.39 is 0 Å². The van der Waals surface area contributed by atoms with Crippen LogP contribution in [0.5, 0.6) is 0 Å². The first-order valence-electron chi connectivity index (χ1n) is 5.23. The van der Waals surface area contributed by atoms with Crippen LogP contribution >= 0.6 is 0 Å². The number of rotatable bonds is 6. The molecule has 4 heteroatoms. The normalized spacial score (nSPS) is 12.8. The fraction of sp³-hybridized carbons (Fsp3) is 0.500. The molecule has 1 atom stereocenters. The number of hydrogen-bond acceptors (Lipinski definition) is 3. The van der Waals surface area contributed by atoms with Crippen molar-refractivity contribution < 1.29 is 13.9 Å². The number of nitrogens with two attached hydrogens (primary N) is 1. The molecular formula is C12H18FNO2. The summed E-state index contributed by atoms with van der Waals surface area (Å²) in [6.45, 7) is 3.12. The Hall–Kier alpha value is -0.970. The summed E-state index contributed by atoms with van der Waals surface area (Å²) in [7, 11) is 1.61. The lowest BCUT2D eigenvalue weighted by Crippen LogP contribution is -2.18. The zero-order valence-corrected chi connectivity index (χ0v) is 9.70. The molecule has 3 nitrogen and oxygen atoms in total. The summed E-state index contributed by atoms with van der Waals surface area (Å²) in [6, 6.07) is 4.70. The highest BCUT2D eigenvalue weighted by molar-refractivity contribution is 5.25. The van der Waals surface area contributed by atoms with E-state index in [2.05, 4.69) is 0 Å². The molecule has 16 heavy (non-hydrogen) atoms. The molecule has 0 spiro atoms. The summed E-state index contributed by atoms with van der Waals surface area (Å²) < 4.78 is 23.4. The Bertz CT molecular complexity index is 331. The molecule has 0 bridgehead atoms. The van der Waals surface area contributed by atoms with Crippen molar-refractivity contribution in [1.82, 2.24) is 0 Å². The second-order valence-corrected chi connectivity index (χ2v) is 3.68. The second-order valence-electron chi connectivity index (χ2n) is 3.68. The lowest BCUT2D eigenvalue weighted by molar-refractivity contribution is 0.0635. The van der Waals surface area contributed by atoms with Gasteiger partial charge in [0.15, 0.2) is 0 Å². The topological polar surface area (TPSA) is 44.5 Å². The number of methoxy groups -OCH3 is 1. The SMILES string of the molecule is COCCOCC(N)c1ccc(C)c(F)c1. The minimum Gasteiger partial charge on any atom is -0.382 e. The van der Waals surface area contributed by atoms with Crippen molar-refractivity contribution in [1.29, 1.82) is 0 Å². The molecule has 1 aromatic carbocycles. The van der Waals surface area contributed by atoms with Gasteiger partial charge in [0.05, 0.1) is 25.9 Å². The van der Waals surface area contributed by atoms with E-state index in [1.165, 1.54) is 6.07 Å². The van der Waals surface area contributed by atoms with Gasteiger partial charge in [-0.15, -0.1) is 0 Å². The van der Waals surface area contributed by atoms with Crippen molar-refractivity contribution in [2.45, 2.75) is 13.0 Å². The van der Waals surface area contributed by atoms with Crippen LogP contribution in [0.3, 0.4) is 0 Å². The first-order valence-corrected chi connectivity index (χ1v) is 5.23. The smallest absolute Gasteiger partial charge is 0.126 e. The lowest BCUT2D eigenvalue weighted by atomic mass is 10.1. The van der Waals surface area contributed by atoms with Crippen molar-refractivity contribution in [2.24, 2.45) is 5.73 Å². The van der Waals surface area contributed by atoms with Gasteiger partial charge >= 0.3 is 0 Å². The number of halogens is 1. The van der Waals surface area contributed by atoms with Gasteiger partial charge in [0, 0.05) is 7.11 Å². The Balaban J connectivity index is 2.46. The number of aryl methyl sites for hydroxylation is 1. The number of hydrogen-bond donors (Lipinski definition) is 1. The molecule has 1 aromatic rings. The van der Waals surface area contributed by atoms with Crippen LogP contribution in [0.15, 0.2) is 18.2 Å². The van der Waals surface area contributed by atoms with Crippen LogP contribution in [-0.4, -0.2) is 26.9 Å². The molecule has 0 aliphatic carbocycles. The van der Waals surface area contributed by atoms with Gasteiger partial charge in [-0.1, -0.05) is 12.1 Å². The minimum absolute atomic E-state index is 0.232. The zero-order valence-electron chi connectivity index (χ0n) is 9.70. The van der Waals surface area contributed by atoms with Crippen molar-refractivity contribution in [3.8, 4) is 0 Å². The summed E-state index contributed by atoms with van der Waals surface area (Å²) in [4.78, 5) is 0. The molecule has 0 saturated carbocycles. The van der Waals surface area contributed by atoms with E-state index in [9.17, 15) is 4.39 Å². The van der Waals surface area contributed by atoms with E-state index in [0.29, 0.717) is 25.4 Å². The monoisotopic (exact) mass is 227 g/mol. The Labute approximate surface area is 95.4 Å². The Morgan fingerprint density at radius 1 is 1.38 bits per heavy atom. The highest BCUT2D eigenvalue weighted by Gasteiger charge is 2.08. The predicted molar refractivity (Wildman–Crippen MR) is 60.8 cm³/mol. The maximum absolute atomic E-state index is 13.3. The first-order chi connectivity index (χ1) is 7.65. The molecule has 2 N–H and O–H groups in total. The van der Waals surface area contributed by atoms with E-state index in [1.54, 1.807) is 20.1 Å². The standard InChI is InChI=1S/C12H18FNO2/c1-9-3-4-10(7-11(9)13)12(14)8-16-6-5-15-2/h3-4,7,12H,5-6,8,14H2,1-2H3. The first kappa shape index (κ1) is 13.1. The van der Waals surface area contributed by atoms with Gasteiger partial charge < -0.3 is 15.2 Å². The number of benzene rings is 1. The van der Waals surface area contributed by atoms with Crippen molar-refractivity contribution in [3.05, 3.63) is 35.1 Å². The van der Waals surface area contributed by atoms with E-state index in [1.807, 2.05) is 6.07 Å². The average molecular weight is 227 g/mol. The van der Waals surface area contributed by atoms with E-state index in [0.717, 1.165) is 5.56 Å². The average Bonchev–Trinajstić information content (AvgIpc) is 2.28. The maximum Gasteiger partial charge on any atom is 0.126 e. The Morgan fingerprint density at radius 3 is 2.75 bits per heavy atom. The molecule has 0 saturated heterocycles. The molecule has 0 heterocycles. The molecule has 0 radical (unpaired) electrons. The predicted octanol–water partition coefficient (Wildman–Crippen LogP) is 1.80. The second kappa shape index (κ2) is 6.58. The van der Waals surface area contributed by atoms with Crippen LogP contribution in [0.4, 0.5) is 4.39 Å². The summed E-state index contributed by atoms with van der Waals surface area (Å²) in [6.07, 6.45) is 0. The molecule has 0 amide bonds. The van der Waals surface area contributed by atoms with Crippen LogP contribution in [0, 0.1) is 12.7 Å². The fourth-order valence-corrected chi connectivity index (χ4v) is 1.29. The third-order valence-corrected chi connectivity index (χ3v) is 2.35. The summed E-state index contributed by atoms with van der Waals surface area (Å²) in [5.74, 6) is -0.232. The molecular weight excluding hydrogens is 209 g/mol. The highest BCUT2D eigenvalue weighted by atomic mass is 19.1. The van der Waals surface area contributed by atoms with Crippen LogP contribution in [0.2, 0.25) is 0 Å². The van der Waals surface area contributed by atoms with Gasteiger partial charge in [-0.2, -0.15) is 0 Å². The minimum atomic E-state index is -0.299. The van der Waals surface area contributed by atoms with Crippen molar-refractivity contribution in [2.75, 3.05) is 26.9 Å². The van der Waals surface area contributed by atoms with Gasteiger partial charge in [-0.05, 0) is 24.1 Å². The Morgan fingerprint density at radius 2 is 2.12 bits per heavy atom. The fourth-order valence-electron chi connectivity index (χ4n) is 1.29. The lowest BCUT2D eigenvalue weighted by Gasteiger charge is -2.13. The largest absolute Gasteiger partial charge is 0.382 e. The third-order valence-electron chi connectivity index (χ3n) is 2.35. The van der Waals surface area contributed by atoms with E-state index >= 15 is 0 Å². The van der Waals surface area contributed by atoms with Crippen molar-refractivity contribution >= 4 is 0 Å². The Kier molecular flexibility index (Phi) is 5.38. The van der Waals surface area contributed by atoms with Gasteiger partial charge in [0.1, 0.15) is 5.82 Å².